The Hall–Kier alpha value is -2.12. The van der Waals surface area contributed by atoms with Gasteiger partial charge in [0.15, 0.2) is 0 Å². The highest BCUT2D eigenvalue weighted by Crippen LogP contribution is 2.55. The molecule has 3 aromatic carbocycles. The van der Waals surface area contributed by atoms with Gasteiger partial charge in [0.2, 0.25) is 0 Å². The van der Waals surface area contributed by atoms with E-state index in [2.05, 4.69) is 60.7 Å². The first-order valence-electron chi connectivity index (χ1n) is 6.69. The average Bonchev–Trinajstić information content (AvgIpc) is 3.04. The van der Waals surface area contributed by atoms with E-state index in [1.807, 2.05) is 0 Å². The zero-order valence-electron chi connectivity index (χ0n) is 10.3. The van der Waals surface area contributed by atoms with Crippen LogP contribution in [-0.4, -0.2) is 0 Å². The van der Waals surface area contributed by atoms with Crippen LogP contribution in [0, 0.1) is 0 Å². The minimum absolute atomic E-state index is 0.127. The third-order valence-corrected chi connectivity index (χ3v) is 4.38. The van der Waals surface area contributed by atoms with Gasteiger partial charge in [-0.1, -0.05) is 60.7 Å². The Bertz CT molecular complexity index is 819. The van der Waals surface area contributed by atoms with Gasteiger partial charge in [0.05, 0.1) is 0 Å². The predicted molar refractivity (Wildman–Crippen MR) is 75.2 cm³/mol. The monoisotopic (exact) mass is 244 g/mol. The highest BCUT2D eigenvalue weighted by atomic mass is 16.5. The van der Waals surface area contributed by atoms with Crippen molar-refractivity contribution < 1.29 is 4.74 Å². The van der Waals surface area contributed by atoms with Crippen LogP contribution >= 0.6 is 0 Å². The zero-order chi connectivity index (χ0) is 12.4. The SMILES string of the molecule is c1ccc2c(c1)C1OC2c2c1ccc1ccccc21. The number of fused-ring (bicyclic) bond motifs is 10. The van der Waals surface area contributed by atoms with Crippen LogP contribution in [0.1, 0.15) is 34.5 Å². The van der Waals surface area contributed by atoms with Gasteiger partial charge in [-0.2, -0.15) is 0 Å². The first-order chi connectivity index (χ1) is 9.43. The van der Waals surface area contributed by atoms with E-state index in [0.29, 0.717) is 0 Å². The van der Waals surface area contributed by atoms with Crippen molar-refractivity contribution in [3.63, 3.8) is 0 Å². The molecular weight excluding hydrogens is 232 g/mol. The lowest BCUT2D eigenvalue weighted by Gasteiger charge is -2.17. The molecule has 0 amide bonds. The highest BCUT2D eigenvalue weighted by molar-refractivity contribution is 5.89. The summed E-state index contributed by atoms with van der Waals surface area (Å²) >= 11 is 0. The second kappa shape index (κ2) is 3.25. The Labute approximate surface area is 111 Å². The lowest BCUT2D eigenvalue weighted by atomic mass is 9.83. The second-order valence-corrected chi connectivity index (χ2v) is 5.31. The van der Waals surface area contributed by atoms with Crippen LogP contribution in [0.25, 0.3) is 10.8 Å². The van der Waals surface area contributed by atoms with Crippen LogP contribution in [0.4, 0.5) is 0 Å². The molecule has 0 saturated carbocycles. The van der Waals surface area contributed by atoms with E-state index in [1.54, 1.807) is 0 Å². The van der Waals surface area contributed by atoms with Gasteiger partial charge in [0.1, 0.15) is 12.2 Å². The minimum atomic E-state index is 0.127. The van der Waals surface area contributed by atoms with E-state index < -0.39 is 0 Å². The summed E-state index contributed by atoms with van der Waals surface area (Å²) < 4.78 is 6.22. The lowest BCUT2D eigenvalue weighted by Crippen LogP contribution is -2.03. The van der Waals surface area contributed by atoms with Crippen molar-refractivity contribution in [1.82, 2.24) is 0 Å². The fraction of sp³-hybridized carbons (Fsp3) is 0.111. The van der Waals surface area contributed by atoms with Crippen LogP contribution in [0.3, 0.4) is 0 Å². The second-order valence-electron chi connectivity index (χ2n) is 5.31. The molecule has 0 N–H and O–H groups in total. The van der Waals surface area contributed by atoms with Gasteiger partial charge >= 0.3 is 0 Å². The average molecular weight is 244 g/mol. The Kier molecular flexibility index (Phi) is 1.67. The van der Waals surface area contributed by atoms with Crippen molar-refractivity contribution in [2.24, 2.45) is 0 Å². The van der Waals surface area contributed by atoms with E-state index in [1.165, 1.54) is 33.0 Å². The number of hydrogen-bond donors (Lipinski definition) is 0. The van der Waals surface area contributed by atoms with Crippen molar-refractivity contribution in [3.8, 4) is 0 Å². The molecule has 19 heavy (non-hydrogen) atoms. The van der Waals surface area contributed by atoms with Gasteiger partial charge in [-0.3, -0.25) is 0 Å². The third-order valence-electron chi connectivity index (χ3n) is 4.38. The molecule has 1 heteroatoms. The summed E-state index contributed by atoms with van der Waals surface area (Å²) in [5.74, 6) is 0. The molecule has 0 saturated heterocycles. The van der Waals surface area contributed by atoms with E-state index in [-0.39, 0.29) is 12.2 Å². The number of rotatable bonds is 0. The van der Waals surface area contributed by atoms with Crippen LogP contribution in [0.5, 0.6) is 0 Å². The Morgan fingerprint density at radius 2 is 1.37 bits per heavy atom. The van der Waals surface area contributed by atoms with Gasteiger partial charge in [0.25, 0.3) is 0 Å². The molecule has 2 aliphatic heterocycles. The lowest BCUT2D eigenvalue weighted by molar-refractivity contribution is 0.0862. The van der Waals surface area contributed by atoms with E-state index in [0.717, 1.165) is 0 Å². The summed E-state index contributed by atoms with van der Waals surface area (Å²) in [5, 5.41) is 2.64. The summed E-state index contributed by atoms with van der Waals surface area (Å²) in [6.45, 7) is 0. The molecule has 2 atom stereocenters. The molecule has 1 nitrogen and oxygen atoms in total. The molecule has 2 bridgehead atoms. The third kappa shape index (κ3) is 1.09. The Morgan fingerprint density at radius 1 is 0.632 bits per heavy atom. The van der Waals surface area contributed by atoms with Crippen molar-refractivity contribution in [3.05, 3.63) is 82.9 Å². The molecule has 5 rings (SSSR count). The molecule has 2 unspecified atom stereocenters. The van der Waals surface area contributed by atoms with E-state index >= 15 is 0 Å². The van der Waals surface area contributed by atoms with Crippen molar-refractivity contribution >= 4 is 10.8 Å². The molecule has 0 spiro atoms. The molecule has 2 aliphatic rings. The quantitative estimate of drug-likeness (QED) is 0.571. The number of hydrogen-bond acceptors (Lipinski definition) is 1. The smallest absolute Gasteiger partial charge is 0.110 e. The van der Waals surface area contributed by atoms with Crippen LogP contribution < -0.4 is 0 Å². The minimum Gasteiger partial charge on any atom is -0.356 e. The molecule has 0 radical (unpaired) electrons. The molecular formula is C18H12O. The Morgan fingerprint density at radius 3 is 2.26 bits per heavy atom. The maximum absolute atomic E-state index is 6.22. The maximum Gasteiger partial charge on any atom is 0.110 e. The van der Waals surface area contributed by atoms with Crippen LogP contribution in [0.2, 0.25) is 0 Å². The number of benzene rings is 3. The van der Waals surface area contributed by atoms with Crippen LogP contribution in [-0.2, 0) is 4.74 Å². The fourth-order valence-corrected chi connectivity index (χ4v) is 3.57. The summed E-state index contributed by atoms with van der Waals surface area (Å²) in [6, 6.07) is 21.6. The van der Waals surface area contributed by atoms with Gasteiger partial charge in [0, 0.05) is 0 Å². The van der Waals surface area contributed by atoms with Gasteiger partial charge in [-0.05, 0) is 33.0 Å². The largest absolute Gasteiger partial charge is 0.356 e. The summed E-state index contributed by atoms with van der Waals surface area (Å²) in [5.41, 5.74) is 5.41. The number of ether oxygens (including phenoxy) is 1. The molecule has 2 heterocycles. The normalized spacial score (nSPS) is 22.5. The van der Waals surface area contributed by atoms with Crippen LogP contribution in [0.15, 0.2) is 60.7 Å². The van der Waals surface area contributed by atoms with E-state index in [4.69, 9.17) is 4.74 Å². The topological polar surface area (TPSA) is 9.23 Å². The fourth-order valence-electron chi connectivity index (χ4n) is 3.57. The van der Waals surface area contributed by atoms with Crippen molar-refractivity contribution in [2.45, 2.75) is 12.2 Å². The molecule has 0 aliphatic carbocycles. The Balaban J connectivity index is 1.88. The molecule has 3 aromatic rings. The molecule has 90 valence electrons. The maximum atomic E-state index is 6.22. The van der Waals surface area contributed by atoms with Crippen molar-refractivity contribution in [1.29, 1.82) is 0 Å². The van der Waals surface area contributed by atoms with Gasteiger partial charge < -0.3 is 4.74 Å². The summed E-state index contributed by atoms with van der Waals surface area (Å²) in [4.78, 5) is 0. The molecule has 0 fully saturated rings. The first-order valence-corrected chi connectivity index (χ1v) is 6.69. The molecule has 0 aromatic heterocycles. The van der Waals surface area contributed by atoms with Crippen molar-refractivity contribution in [2.75, 3.05) is 0 Å². The standard InChI is InChI=1S/C18H12O/c1-2-6-12-11(5-1)9-10-15-16(12)18-14-8-4-3-7-13(14)17(15)19-18/h1-10,17-18H. The first kappa shape index (κ1) is 9.76. The van der Waals surface area contributed by atoms with Gasteiger partial charge in [-0.25, -0.2) is 0 Å². The summed E-state index contributed by atoms with van der Waals surface area (Å²) in [7, 11) is 0. The van der Waals surface area contributed by atoms with Gasteiger partial charge in [-0.15, -0.1) is 0 Å². The summed E-state index contributed by atoms with van der Waals surface area (Å²) in [6.07, 6.45) is 0.267. The predicted octanol–water partition coefficient (Wildman–Crippen LogP) is 4.36. The zero-order valence-corrected chi connectivity index (χ0v) is 10.3. The van der Waals surface area contributed by atoms with E-state index in [9.17, 15) is 0 Å². The highest BCUT2D eigenvalue weighted by Gasteiger charge is 2.43.